The first-order valence-corrected chi connectivity index (χ1v) is 6.43. The Hall–Kier alpha value is -1.84. The lowest BCUT2D eigenvalue weighted by molar-refractivity contribution is -0.142. The number of ether oxygens (including phenoxy) is 2. The highest BCUT2D eigenvalue weighted by molar-refractivity contribution is 5.93. The van der Waals surface area contributed by atoms with Gasteiger partial charge in [-0.2, -0.15) is 0 Å². The van der Waals surface area contributed by atoms with Crippen molar-refractivity contribution in [2.45, 2.75) is 34.1 Å². The maximum absolute atomic E-state index is 11.9. The first kappa shape index (κ1) is 15.2. The molecule has 4 nitrogen and oxygen atoms in total. The average molecular weight is 264 g/mol. The van der Waals surface area contributed by atoms with E-state index >= 15 is 0 Å². The molecule has 0 spiro atoms. The van der Waals surface area contributed by atoms with Crippen LogP contribution in [0.3, 0.4) is 0 Å². The number of rotatable bonds is 5. The van der Waals surface area contributed by atoms with Crippen LogP contribution in [0.1, 0.15) is 40.9 Å². The summed E-state index contributed by atoms with van der Waals surface area (Å²) in [6.07, 6.45) is 0.0928. The molecule has 0 saturated heterocycles. The summed E-state index contributed by atoms with van der Waals surface area (Å²) < 4.78 is 9.96. The summed E-state index contributed by atoms with van der Waals surface area (Å²) in [6, 6.07) is 3.56. The quantitative estimate of drug-likeness (QED) is 0.767. The molecule has 0 aliphatic rings. The molecule has 1 aromatic carbocycles. The molecule has 0 unspecified atom stereocenters. The zero-order valence-corrected chi connectivity index (χ0v) is 11.9. The minimum Gasteiger partial charge on any atom is -0.466 e. The van der Waals surface area contributed by atoms with Gasteiger partial charge in [0.1, 0.15) is 0 Å². The largest absolute Gasteiger partial charge is 0.466 e. The lowest BCUT2D eigenvalue weighted by atomic mass is 9.95. The van der Waals surface area contributed by atoms with Gasteiger partial charge in [-0.1, -0.05) is 6.07 Å². The second-order valence-electron chi connectivity index (χ2n) is 4.24. The second kappa shape index (κ2) is 6.92. The molecule has 19 heavy (non-hydrogen) atoms. The van der Waals surface area contributed by atoms with Gasteiger partial charge in [0.05, 0.1) is 25.2 Å². The van der Waals surface area contributed by atoms with Crippen LogP contribution < -0.4 is 0 Å². The molecule has 0 heterocycles. The summed E-state index contributed by atoms with van der Waals surface area (Å²) in [5, 5.41) is 0. The van der Waals surface area contributed by atoms with Crippen molar-refractivity contribution in [3.05, 3.63) is 34.4 Å². The molecule has 4 heteroatoms. The topological polar surface area (TPSA) is 52.6 Å². The molecular formula is C15H20O4. The standard InChI is InChI=1S/C15H20O4/c1-5-18-14(16)9-13-11(4)10(3)7-8-12(13)15(17)19-6-2/h7-8H,5-6,9H2,1-4H3. The number of aryl methyl sites for hydroxylation is 1. The normalized spacial score (nSPS) is 10.1. The van der Waals surface area contributed by atoms with E-state index in [1.54, 1.807) is 19.9 Å². The number of esters is 2. The van der Waals surface area contributed by atoms with E-state index in [9.17, 15) is 9.59 Å². The molecule has 0 radical (unpaired) electrons. The minimum absolute atomic E-state index is 0.0928. The second-order valence-corrected chi connectivity index (χ2v) is 4.24. The minimum atomic E-state index is -0.398. The lowest BCUT2D eigenvalue weighted by Gasteiger charge is -2.13. The van der Waals surface area contributed by atoms with Gasteiger partial charge >= 0.3 is 11.9 Å². The molecule has 0 bridgehead atoms. The third-order valence-corrected chi connectivity index (χ3v) is 2.99. The Kier molecular flexibility index (Phi) is 5.55. The van der Waals surface area contributed by atoms with Crippen LogP contribution in [0, 0.1) is 13.8 Å². The smallest absolute Gasteiger partial charge is 0.338 e. The summed E-state index contributed by atoms with van der Waals surface area (Å²) in [5.74, 6) is -0.730. The Morgan fingerprint density at radius 2 is 1.68 bits per heavy atom. The van der Waals surface area contributed by atoms with Gasteiger partial charge < -0.3 is 9.47 Å². The highest BCUT2D eigenvalue weighted by Crippen LogP contribution is 2.20. The predicted octanol–water partition coefficient (Wildman–Crippen LogP) is 2.59. The Labute approximate surface area is 113 Å². The van der Waals surface area contributed by atoms with Crippen LogP contribution in [0.5, 0.6) is 0 Å². The van der Waals surface area contributed by atoms with Gasteiger partial charge in [-0.05, 0) is 50.5 Å². The van der Waals surface area contributed by atoms with Gasteiger partial charge in [0.2, 0.25) is 0 Å². The SMILES string of the molecule is CCOC(=O)Cc1c(C(=O)OCC)ccc(C)c1C. The van der Waals surface area contributed by atoms with Crippen molar-refractivity contribution < 1.29 is 19.1 Å². The average Bonchev–Trinajstić information content (AvgIpc) is 2.35. The summed E-state index contributed by atoms with van der Waals surface area (Å²) >= 11 is 0. The van der Waals surface area contributed by atoms with Crippen LogP contribution in [0.2, 0.25) is 0 Å². The van der Waals surface area contributed by atoms with Crippen LogP contribution in [0.25, 0.3) is 0 Å². The monoisotopic (exact) mass is 264 g/mol. The van der Waals surface area contributed by atoms with Gasteiger partial charge in [0, 0.05) is 0 Å². The van der Waals surface area contributed by atoms with Crippen LogP contribution in [-0.2, 0) is 20.7 Å². The molecule has 0 saturated carbocycles. The fourth-order valence-corrected chi connectivity index (χ4v) is 1.86. The summed E-state index contributed by atoms with van der Waals surface area (Å²) in [4.78, 5) is 23.5. The molecule has 0 aliphatic carbocycles. The molecule has 0 fully saturated rings. The summed E-state index contributed by atoms with van der Waals surface area (Å²) in [6.45, 7) is 7.99. The number of carbonyl (C=O) groups excluding carboxylic acids is 2. The van der Waals surface area contributed by atoms with E-state index in [0.717, 1.165) is 11.1 Å². The van der Waals surface area contributed by atoms with E-state index < -0.39 is 5.97 Å². The summed E-state index contributed by atoms with van der Waals surface area (Å²) in [7, 11) is 0. The van der Waals surface area contributed by atoms with Crippen molar-refractivity contribution in [3.8, 4) is 0 Å². The Bertz CT molecular complexity index is 477. The highest BCUT2D eigenvalue weighted by atomic mass is 16.5. The molecule has 1 rings (SSSR count). The van der Waals surface area contributed by atoms with Gasteiger partial charge in [-0.15, -0.1) is 0 Å². The molecule has 0 atom stereocenters. The van der Waals surface area contributed by atoms with Gasteiger partial charge in [-0.3, -0.25) is 4.79 Å². The predicted molar refractivity (Wildman–Crippen MR) is 72.2 cm³/mol. The van der Waals surface area contributed by atoms with Crippen molar-refractivity contribution in [2.24, 2.45) is 0 Å². The Morgan fingerprint density at radius 3 is 2.26 bits per heavy atom. The van der Waals surface area contributed by atoms with Crippen LogP contribution in [-0.4, -0.2) is 25.2 Å². The van der Waals surface area contributed by atoms with E-state index in [2.05, 4.69) is 0 Å². The Balaban J connectivity index is 3.13. The molecule has 104 valence electrons. The third kappa shape index (κ3) is 3.81. The molecular weight excluding hydrogens is 244 g/mol. The number of hydrogen-bond donors (Lipinski definition) is 0. The van der Waals surface area contributed by atoms with E-state index in [0.29, 0.717) is 24.3 Å². The van der Waals surface area contributed by atoms with Gasteiger partial charge in [0.15, 0.2) is 0 Å². The van der Waals surface area contributed by atoms with Gasteiger partial charge in [-0.25, -0.2) is 4.79 Å². The highest BCUT2D eigenvalue weighted by Gasteiger charge is 2.18. The maximum Gasteiger partial charge on any atom is 0.338 e. The third-order valence-electron chi connectivity index (χ3n) is 2.99. The fourth-order valence-electron chi connectivity index (χ4n) is 1.86. The van der Waals surface area contributed by atoms with Crippen LogP contribution in [0.15, 0.2) is 12.1 Å². The summed E-state index contributed by atoms with van der Waals surface area (Å²) in [5.41, 5.74) is 3.10. The van der Waals surface area contributed by atoms with Crippen molar-refractivity contribution >= 4 is 11.9 Å². The number of benzene rings is 1. The van der Waals surface area contributed by atoms with E-state index in [4.69, 9.17) is 9.47 Å². The first-order valence-electron chi connectivity index (χ1n) is 6.43. The van der Waals surface area contributed by atoms with E-state index in [1.807, 2.05) is 19.9 Å². The first-order chi connectivity index (χ1) is 9.01. The van der Waals surface area contributed by atoms with E-state index in [1.165, 1.54) is 0 Å². The van der Waals surface area contributed by atoms with Crippen molar-refractivity contribution in [3.63, 3.8) is 0 Å². The molecule has 0 amide bonds. The lowest BCUT2D eigenvalue weighted by Crippen LogP contribution is -2.15. The fraction of sp³-hybridized carbons (Fsp3) is 0.467. The maximum atomic E-state index is 11.9. The number of carbonyl (C=O) groups is 2. The molecule has 0 aromatic heterocycles. The van der Waals surface area contributed by atoms with Crippen LogP contribution >= 0.6 is 0 Å². The Morgan fingerprint density at radius 1 is 1.05 bits per heavy atom. The van der Waals surface area contributed by atoms with E-state index in [-0.39, 0.29) is 12.4 Å². The number of hydrogen-bond acceptors (Lipinski definition) is 4. The van der Waals surface area contributed by atoms with Gasteiger partial charge in [0.25, 0.3) is 0 Å². The van der Waals surface area contributed by atoms with Crippen molar-refractivity contribution in [1.29, 1.82) is 0 Å². The molecule has 0 aliphatic heterocycles. The molecule has 0 N–H and O–H groups in total. The molecule has 1 aromatic rings. The zero-order chi connectivity index (χ0) is 14.4. The van der Waals surface area contributed by atoms with Crippen molar-refractivity contribution in [2.75, 3.05) is 13.2 Å². The van der Waals surface area contributed by atoms with Crippen molar-refractivity contribution in [1.82, 2.24) is 0 Å². The van der Waals surface area contributed by atoms with Crippen LogP contribution in [0.4, 0.5) is 0 Å². The zero-order valence-electron chi connectivity index (χ0n) is 11.9.